The molecule has 2 aliphatic heterocycles. The molecule has 2 atom stereocenters. The van der Waals surface area contributed by atoms with E-state index in [9.17, 15) is 9.59 Å². The van der Waals surface area contributed by atoms with E-state index in [0.717, 1.165) is 43.4 Å². The quantitative estimate of drug-likeness (QED) is 0.176. The van der Waals surface area contributed by atoms with Crippen molar-refractivity contribution in [3.8, 4) is 0 Å². The Bertz CT molecular complexity index is 1930. The minimum absolute atomic E-state index is 0.0475. The van der Waals surface area contributed by atoms with E-state index in [1.807, 2.05) is 107 Å². The second-order valence-electron chi connectivity index (χ2n) is 11.6. The molecule has 0 fully saturated rings. The molecule has 2 amide bonds. The Balaban J connectivity index is 1.23. The number of benzene rings is 5. The Hall–Kier alpha value is -4.20. The normalized spacial score (nSPS) is 20.0. The number of nitrogens with zero attached hydrogens (tertiary/aromatic N) is 2. The lowest BCUT2D eigenvalue weighted by atomic mass is 10.00. The Morgan fingerprint density at radius 1 is 0.542 bits per heavy atom. The van der Waals surface area contributed by atoms with Gasteiger partial charge in [0, 0.05) is 33.7 Å². The molecule has 48 heavy (non-hydrogen) atoms. The van der Waals surface area contributed by atoms with Gasteiger partial charge in [0.15, 0.2) is 0 Å². The van der Waals surface area contributed by atoms with Gasteiger partial charge in [0.1, 0.15) is 9.74 Å². The molecule has 0 aliphatic carbocycles. The lowest BCUT2D eigenvalue weighted by Crippen LogP contribution is -2.42. The smallest absolute Gasteiger partial charge is 0.225 e. The maximum absolute atomic E-state index is 13.2. The molecule has 8 heteroatoms. The summed E-state index contributed by atoms with van der Waals surface area (Å²) in [7, 11) is 0. The third kappa shape index (κ3) is 5.77. The molecule has 5 aromatic rings. The third-order valence-corrected chi connectivity index (χ3v) is 11.9. The maximum atomic E-state index is 13.2. The molecule has 5 aromatic carbocycles. The summed E-state index contributed by atoms with van der Waals surface area (Å²) in [5.41, 5.74) is 5.66. The minimum Gasteiger partial charge on any atom is -0.288 e. The molecule has 0 N–H and O–H groups in total. The Kier molecular flexibility index (Phi) is 8.77. The minimum atomic E-state index is -0.783. The number of para-hydroxylation sites is 2. The van der Waals surface area contributed by atoms with Gasteiger partial charge in [-0.25, -0.2) is 0 Å². The SMILES string of the molecule is CC(=O)N1c2ccccc2SC1(C=Cc1ccc(C=CC2(c3ccc(Cl)cc3)Sc3ccccc3N2C(C)=O)cc1)c1ccc(Cl)cc1. The van der Waals surface area contributed by atoms with Gasteiger partial charge in [0.2, 0.25) is 11.8 Å². The van der Waals surface area contributed by atoms with E-state index >= 15 is 0 Å². The zero-order valence-corrected chi connectivity index (χ0v) is 29.3. The van der Waals surface area contributed by atoms with Crippen LogP contribution in [0.4, 0.5) is 11.4 Å². The average Bonchev–Trinajstić information content (AvgIpc) is 3.62. The summed E-state index contributed by atoms with van der Waals surface area (Å²) in [5.74, 6) is -0.0950. The van der Waals surface area contributed by atoms with Gasteiger partial charge in [-0.05, 0) is 82.9 Å². The van der Waals surface area contributed by atoms with Crippen LogP contribution < -0.4 is 9.80 Å². The molecule has 0 saturated carbocycles. The van der Waals surface area contributed by atoms with Crippen LogP contribution in [0.1, 0.15) is 36.1 Å². The summed E-state index contributed by atoms with van der Waals surface area (Å²) in [6, 6.07) is 39.6. The summed E-state index contributed by atoms with van der Waals surface area (Å²) in [5, 5.41) is 1.28. The molecule has 7 rings (SSSR count). The van der Waals surface area contributed by atoms with Crippen LogP contribution in [0.5, 0.6) is 0 Å². The molecular formula is C40H30Cl2N2O2S2. The third-order valence-electron chi connectivity index (χ3n) is 8.49. The lowest BCUT2D eigenvalue weighted by Gasteiger charge is -2.35. The highest BCUT2D eigenvalue weighted by atomic mass is 35.5. The van der Waals surface area contributed by atoms with Crippen molar-refractivity contribution in [2.45, 2.75) is 33.4 Å². The van der Waals surface area contributed by atoms with Gasteiger partial charge >= 0.3 is 0 Å². The summed E-state index contributed by atoms with van der Waals surface area (Å²) >= 11 is 15.8. The van der Waals surface area contributed by atoms with E-state index in [-0.39, 0.29) is 11.8 Å². The topological polar surface area (TPSA) is 40.6 Å². The zero-order chi connectivity index (χ0) is 33.5. The van der Waals surface area contributed by atoms with Crippen LogP contribution in [0.2, 0.25) is 10.0 Å². The van der Waals surface area contributed by atoms with Gasteiger partial charge in [-0.1, -0.05) is 132 Å². The van der Waals surface area contributed by atoms with Crippen molar-refractivity contribution < 1.29 is 9.59 Å². The van der Waals surface area contributed by atoms with Crippen molar-refractivity contribution in [1.82, 2.24) is 0 Å². The van der Waals surface area contributed by atoms with Crippen LogP contribution >= 0.6 is 46.7 Å². The van der Waals surface area contributed by atoms with Crippen LogP contribution in [0, 0.1) is 0 Å². The standard InChI is InChI=1S/C40H30Cl2N2O2S2/c1-27(45)43-35-7-3-5-9-37(35)47-39(43,31-15-19-33(41)20-16-31)25-23-29-11-13-30(14-12-29)24-26-40(32-17-21-34(42)22-18-32)44(28(2)46)36-8-4-6-10-38(36)48-40/h3-26H,1-2H3. The lowest BCUT2D eigenvalue weighted by molar-refractivity contribution is -0.117. The maximum Gasteiger partial charge on any atom is 0.225 e. The van der Waals surface area contributed by atoms with Gasteiger partial charge in [0.25, 0.3) is 0 Å². The molecule has 2 heterocycles. The van der Waals surface area contributed by atoms with Crippen LogP contribution in [-0.2, 0) is 19.3 Å². The molecule has 0 saturated heterocycles. The van der Waals surface area contributed by atoms with Gasteiger partial charge in [-0.15, -0.1) is 0 Å². The number of fused-ring (bicyclic) bond motifs is 2. The number of carbonyl (C=O) groups excluding carboxylic acids is 2. The molecule has 0 spiro atoms. The first-order chi connectivity index (χ1) is 23.2. The largest absolute Gasteiger partial charge is 0.288 e. The van der Waals surface area contributed by atoms with Crippen molar-refractivity contribution in [2.75, 3.05) is 9.80 Å². The fourth-order valence-electron chi connectivity index (χ4n) is 6.35. The fraction of sp³-hybridized carbons (Fsp3) is 0.100. The number of carbonyl (C=O) groups is 2. The van der Waals surface area contributed by atoms with Crippen molar-refractivity contribution >= 4 is 82.1 Å². The van der Waals surface area contributed by atoms with E-state index in [1.54, 1.807) is 37.4 Å². The Morgan fingerprint density at radius 2 is 0.896 bits per heavy atom. The van der Waals surface area contributed by atoms with Crippen LogP contribution in [0.25, 0.3) is 12.2 Å². The van der Waals surface area contributed by atoms with Gasteiger partial charge in [0.05, 0.1) is 11.4 Å². The second kappa shape index (κ2) is 13.0. The molecule has 4 nitrogen and oxygen atoms in total. The highest BCUT2D eigenvalue weighted by molar-refractivity contribution is 8.01. The van der Waals surface area contributed by atoms with E-state index in [0.29, 0.717) is 10.0 Å². The Morgan fingerprint density at radius 3 is 1.25 bits per heavy atom. The summed E-state index contributed by atoms with van der Waals surface area (Å²) < 4.78 is 0. The van der Waals surface area contributed by atoms with Crippen molar-refractivity contribution in [3.63, 3.8) is 0 Å². The van der Waals surface area contributed by atoms with Crippen molar-refractivity contribution in [3.05, 3.63) is 166 Å². The number of amides is 2. The number of rotatable bonds is 6. The van der Waals surface area contributed by atoms with E-state index in [4.69, 9.17) is 23.2 Å². The Labute approximate surface area is 299 Å². The molecular weight excluding hydrogens is 675 g/mol. The number of anilines is 2. The number of hydrogen-bond acceptors (Lipinski definition) is 4. The predicted molar refractivity (Wildman–Crippen MR) is 202 cm³/mol. The van der Waals surface area contributed by atoms with Crippen LogP contribution in [0.3, 0.4) is 0 Å². The summed E-state index contributed by atoms with van der Waals surface area (Å²) in [6.07, 6.45) is 8.32. The highest BCUT2D eigenvalue weighted by Crippen LogP contribution is 2.58. The zero-order valence-electron chi connectivity index (χ0n) is 26.1. The number of thioether (sulfide) groups is 2. The predicted octanol–water partition coefficient (Wildman–Crippen LogP) is 11.0. The van der Waals surface area contributed by atoms with Crippen LogP contribution in [0.15, 0.2) is 143 Å². The average molecular weight is 706 g/mol. The number of hydrogen-bond donors (Lipinski definition) is 0. The molecule has 0 aromatic heterocycles. The van der Waals surface area contributed by atoms with E-state index < -0.39 is 9.74 Å². The first-order valence-electron chi connectivity index (χ1n) is 15.4. The van der Waals surface area contributed by atoms with Gasteiger partial charge in [-0.2, -0.15) is 0 Å². The van der Waals surface area contributed by atoms with Crippen LogP contribution in [-0.4, -0.2) is 11.8 Å². The van der Waals surface area contributed by atoms with Gasteiger partial charge < -0.3 is 0 Å². The molecule has 0 radical (unpaired) electrons. The first-order valence-corrected chi connectivity index (χ1v) is 17.8. The molecule has 2 unspecified atom stereocenters. The number of halogens is 2. The monoisotopic (exact) mass is 704 g/mol. The fourth-order valence-corrected chi connectivity index (χ4v) is 9.51. The molecule has 2 aliphatic rings. The van der Waals surface area contributed by atoms with E-state index in [2.05, 4.69) is 48.6 Å². The second-order valence-corrected chi connectivity index (χ2v) is 15.0. The summed E-state index contributed by atoms with van der Waals surface area (Å²) in [4.78, 5) is 30.6. The van der Waals surface area contributed by atoms with E-state index in [1.165, 1.54) is 0 Å². The highest BCUT2D eigenvalue weighted by Gasteiger charge is 2.47. The van der Waals surface area contributed by atoms with Crippen molar-refractivity contribution in [1.29, 1.82) is 0 Å². The summed E-state index contributed by atoms with van der Waals surface area (Å²) in [6.45, 7) is 3.21. The van der Waals surface area contributed by atoms with Crippen molar-refractivity contribution in [2.24, 2.45) is 0 Å². The first kappa shape index (κ1) is 32.4. The molecule has 238 valence electrons. The van der Waals surface area contributed by atoms with Gasteiger partial charge in [-0.3, -0.25) is 19.4 Å². The molecule has 0 bridgehead atoms.